The summed E-state index contributed by atoms with van der Waals surface area (Å²) in [5.41, 5.74) is 1.09. The molecule has 0 spiro atoms. The van der Waals surface area contributed by atoms with Gasteiger partial charge in [-0.2, -0.15) is 0 Å². The molecule has 8 nitrogen and oxygen atoms in total. The van der Waals surface area contributed by atoms with Crippen molar-refractivity contribution in [2.24, 2.45) is 0 Å². The molecule has 0 N–H and O–H groups in total. The summed E-state index contributed by atoms with van der Waals surface area (Å²) in [5, 5.41) is 4.45. The highest BCUT2D eigenvalue weighted by atomic mass is 32.2. The van der Waals surface area contributed by atoms with Crippen LogP contribution in [-0.2, 0) is 20.0 Å². The van der Waals surface area contributed by atoms with E-state index in [0.29, 0.717) is 42.6 Å². The number of aromatic nitrogens is 2. The molecule has 1 aliphatic heterocycles. The van der Waals surface area contributed by atoms with Crippen molar-refractivity contribution in [3.05, 3.63) is 41.4 Å². The van der Waals surface area contributed by atoms with Gasteiger partial charge in [-0.25, -0.2) is 9.78 Å². The highest BCUT2D eigenvalue weighted by Crippen LogP contribution is 2.25. The highest BCUT2D eigenvalue weighted by molar-refractivity contribution is 7.98. The molecule has 1 atom stereocenters. The average Bonchev–Trinajstić information content (AvgIpc) is 3.11. The van der Waals surface area contributed by atoms with E-state index in [1.54, 1.807) is 30.2 Å². The van der Waals surface area contributed by atoms with Crippen LogP contribution in [0, 0.1) is 6.92 Å². The number of carbonyl (C=O) groups is 2. The molecule has 0 radical (unpaired) electrons. The first-order valence-electron chi connectivity index (χ1n) is 8.62. The molecule has 1 amide bonds. The molecular weight excluding hydrogens is 370 g/mol. The van der Waals surface area contributed by atoms with Crippen LogP contribution in [-0.4, -0.2) is 59.3 Å². The standard InChI is InChI=1S/C18H21N3O5S/c1-12-10-14(20-26-12)11-27-16-15(4-3-5-19-16)18(23)25-13(2)17(22)21-6-8-24-9-7-21/h3-5,10,13H,6-9,11H2,1-2H3/t13-/m1/s1. The third kappa shape index (κ3) is 5.08. The summed E-state index contributed by atoms with van der Waals surface area (Å²) >= 11 is 1.36. The summed E-state index contributed by atoms with van der Waals surface area (Å²) in [6, 6.07) is 5.13. The Morgan fingerprint density at radius 3 is 2.85 bits per heavy atom. The summed E-state index contributed by atoms with van der Waals surface area (Å²) in [4.78, 5) is 30.9. The SMILES string of the molecule is Cc1cc(CSc2ncccc2C(=O)O[C@H](C)C(=O)N2CCOCC2)no1. The van der Waals surface area contributed by atoms with Crippen molar-refractivity contribution >= 4 is 23.6 Å². The Hall–Kier alpha value is -2.39. The van der Waals surface area contributed by atoms with Crippen molar-refractivity contribution in [3.8, 4) is 0 Å². The number of amides is 1. The second-order valence-electron chi connectivity index (χ2n) is 6.06. The van der Waals surface area contributed by atoms with Gasteiger partial charge in [0.15, 0.2) is 6.10 Å². The lowest BCUT2D eigenvalue weighted by Gasteiger charge is -2.29. The van der Waals surface area contributed by atoms with Gasteiger partial charge in [-0.1, -0.05) is 16.9 Å². The predicted octanol–water partition coefficient (Wildman–Crippen LogP) is 2.07. The lowest BCUT2D eigenvalue weighted by Crippen LogP contribution is -2.46. The number of carbonyl (C=O) groups excluding carboxylic acids is 2. The fourth-order valence-electron chi connectivity index (χ4n) is 2.60. The molecule has 1 fully saturated rings. The fraction of sp³-hybridized carbons (Fsp3) is 0.444. The van der Waals surface area contributed by atoms with E-state index in [1.165, 1.54) is 11.8 Å². The van der Waals surface area contributed by atoms with Gasteiger partial charge in [0.05, 0.1) is 24.5 Å². The van der Waals surface area contributed by atoms with E-state index in [4.69, 9.17) is 14.0 Å². The Labute approximate surface area is 161 Å². The maximum atomic E-state index is 12.6. The number of aryl methyl sites for hydroxylation is 1. The van der Waals surface area contributed by atoms with Crippen LogP contribution in [0.4, 0.5) is 0 Å². The van der Waals surface area contributed by atoms with Crippen molar-refractivity contribution < 1.29 is 23.6 Å². The Morgan fingerprint density at radius 1 is 1.37 bits per heavy atom. The van der Waals surface area contributed by atoms with Gasteiger partial charge in [0.1, 0.15) is 10.8 Å². The topological polar surface area (TPSA) is 94.8 Å². The molecule has 0 bridgehead atoms. The van der Waals surface area contributed by atoms with Crippen molar-refractivity contribution in [3.63, 3.8) is 0 Å². The van der Waals surface area contributed by atoms with E-state index in [2.05, 4.69) is 10.1 Å². The van der Waals surface area contributed by atoms with Gasteiger partial charge in [-0.05, 0) is 26.0 Å². The molecule has 0 saturated carbocycles. The zero-order valence-electron chi connectivity index (χ0n) is 15.2. The zero-order chi connectivity index (χ0) is 19.2. The third-order valence-electron chi connectivity index (χ3n) is 3.98. The number of hydrogen-bond donors (Lipinski definition) is 0. The van der Waals surface area contributed by atoms with E-state index in [0.717, 1.165) is 11.5 Å². The number of nitrogens with zero attached hydrogens (tertiary/aromatic N) is 3. The van der Waals surface area contributed by atoms with Gasteiger partial charge in [0, 0.05) is 31.1 Å². The molecule has 9 heteroatoms. The first-order valence-corrected chi connectivity index (χ1v) is 9.60. The Balaban J connectivity index is 1.62. The van der Waals surface area contributed by atoms with Gasteiger partial charge in [-0.3, -0.25) is 4.79 Å². The first-order chi connectivity index (χ1) is 13.0. The number of ether oxygens (including phenoxy) is 2. The van der Waals surface area contributed by atoms with Gasteiger partial charge < -0.3 is 18.9 Å². The minimum absolute atomic E-state index is 0.220. The molecule has 3 rings (SSSR count). The minimum atomic E-state index is -0.869. The Kier molecular flexibility index (Phi) is 6.46. The van der Waals surface area contributed by atoms with E-state index in [1.807, 2.05) is 13.0 Å². The summed E-state index contributed by atoms with van der Waals surface area (Å²) in [5.74, 6) is 0.442. The zero-order valence-corrected chi connectivity index (χ0v) is 16.0. The van der Waals surface area contributed by atoms with Crippen LogP contribution in [0.2, 0.25) is 0 Å². The quantitative estimate of drug-likeness (QED) is 0.546. The number of morpholine rings is 1. The maximum absolute atomic E-state index is 12.6. The molecule has 27 heavy (non-hydrogen) atoms. The van der Waals surface area contributed by atoms with E-state index in [9.17, 15) is 9.59 Å². The molecule has 2 aromatic rings. The van der Waals surface area contributed by atoms with Gasteiger partial charge >= 0.3 is 5.97 Å². The number of pyridine rings is 1. The normalized spacial score (nSPS) is 15.4. The first kappa shape index (κ1) is 19.4. The van der Waals surface area contributed by atoms with Crippen LogP contribution in [0.5, 0.6) is 0 Å². The Bertz CT molecular complexity index is 804. The molecule has 1 aliphatic rings. The number of thioether (sulfide) groups is 1. The summed E-state index contributed by atoms with van der Waals surface area (Å²) in [6.45, 7) is 5.40. The molecule has 2 aromatic heterocycles. The van der Waals surface area contributed by atoms with Crippen LogP contribution in [0.3, 0.4) is 0 Å². The molecule has 0 unspecified atom stereocenters. The van der Waals surface area contributed by atoms with Gasteiger partial charge in [-0.15, -0.1) is 0 Å². The van der Waals surface area contributed by atoms with E-state index >= 15 is 0 Å². The molecule has 0 aliphatic carbocycles. The van der Waals surface area contributed by atoms with Crippen LogP contribution in [0.15, 0.2) is 33.9 Å². The van der Waals surface area contributed by atoms with Gasteiger partial charge in [0.2, 0.25) is 0 Å². The van der Waals surface area contributed by atoms with Crippen molar-refractivity contribution in [2.75, 3.05) is 26.3 Å². The van der Waals surface area contributed by atoms with E-state index in [-0.39, 0.29) is 5.91 Å². The molecule has 144 valence electrons. The van der Waals surface area contributed by atoms with Crippen LogP contribution >= 0.6 is 11.8 Å². The molecular formula is C18H21N3O5S. The van der Waals surface area contributed by atoms with E-state index < -0.39 is 12.1 Å². The summed E-state index contributed by atoms with van der Waals surface area (Å²) in [6.07, 6.45) is 0.738. The molecule has 0 aromatic carbocycles. The fourth-order valence-corrected chi connectivity index (χ4v) is 3.47. The van der Waals surface area contributed by atoms with Crippen LogP contribution in [0.25, 0.3) is 0 Å². The highest BCUT2D eigenvalue weighted by Gasteiger charge is 2.26. The van der Waals surface area contributed by atoms with Crippen LogP contribution in [0.1, 0.15) is 28.7 Å². The number of esters is 1. The maximum Gasteiger partial charge on any atom is 0.341 e. The molecule has 1 saturated heterocycles. The largest absolute Gasteiger partial charge is 0.449 e. The lowest BCUT2D eigenvalue weighted by atomic mass is 10.2. The lowest BCUT2D eigenvalue weighted by molar-refractivity contribution is -0.143. The van der Waals surface area contributed by atoms with Gasteiger partial charge in [0.25, 0.3) is 5.91 Å². The molecule has 3 heterocycles. The number of hydrogen-bond acceptors (Lipinski definition) is 8. The average molecular weight is 391 g/mol. The number of rotatable bonds is 6. The van der Waals surface area contributed by atoms with Crippen molar-refractivity contribution in [2.45, 2.75) is 30.7 Å². The van der Waals surface area contributed by atoms with Crippen LogP contribution < -0.4 is 0 Å². The predicted molar refractivity (Wildman–Crippen MR) is 97.3 cm³/mol. The van der Waals surface area contributed by atoms with Crippen molar-refractivity contribution in [1.82, 2.24) is 15.0 Å². The Morgan fingerprint density at radius 2 is 2.15 bits per heavy atom. The summed E-state index contributed by atoms with van der Waals surface area (Å²) < 4.78 is 15.7. The monoisotopic (exact) mass is 391 g/mol. The third-order valence-corrected chi connectivity index (χ3v) is 5.02. The minimum Gasteiger partial charge on any atom is -0.449 e. The van der Waals surface area contributed by atoms with Crippen molar-refractivity contribution in [1.29, 1.82) is 0 Å². The smallest absolute Gasteiger partial charge is 0.341 e. The second kappa shape index (κ2) is 9.01. The second-order valence-corrected chi connectivity index (χ2v) is 7.02. The summed E-state index contributed by atoms with van der Waals surface area (Å²) in [7, 11) is 0.